The molecule has 0 amide bonds. The fourth-order valence-corrected chi connectivity index (χ4v) is 19.3. The quantitative estimate of drug-likeness (QED) is 0.113. The van der Waals surface area contributed by atoms with Gasteiger partial charge in [-0.2, -0.15) is 0 Å². The SMILES string of the molecule is Cc1ccc(C2(c3ccccc3)c3ccccc3-c3ccccc32)c(C)c1N(c1ccccc1)c1cc(C2CCCCC2)c2ccc3c(N(c4ccccc4)c4c(C)ccc(C5(c6ccccc6)c6ccccc6-c6ccccc65)c4C)cc(C4CCCCC4)c4ccc1c2c43. The Bertz CT molecular complexity index is 4880. The van der Waals surface area contributed by atoms with Crippen molar-refractivity contribution in [1.29, 1.82) is 0 Å². The zero-order valence-corrected chi connectivity index (χ0v) is 55.7. The van der Waals surface area contributed by atoms with Crippen LogP contribution in [0.4, 0.5) is 34.1 Å². The molecule has 14 aromatic rings. The maximum Gasteiger partial charge on any atom is 0.0716 e. The summed E-state index contributed by atoms with van der Waals surface area (Å²) in [4.78, 5) is 5.41. The molecule has 4 aliphatic carbocycles. The molecule has 2 nitrogen and oxygen atoms in total. The van der Waals surface area contributed by atoms with Crippen LogP contribution in [-0.4, -0.2) is 0 Å². The van der Waals surface area contributed by atoms with Crippen LogP contribution in [0.2, 0.25) is 0 Å². The summed E-state index contributed by atoms with van der Waals surface area (Å²) in [5.41, 5.74) is 30.0. The minimum Gasteiger partial charge on any atom is -0.309 e. The van der Waals surface area contributed by atoms with E-state index in [4.69, 9.17) is 0 Å². The van der Waals surface area contributed by atoms with Crippen molar-refractivity contribution >= 4 is 66.4 Å². The van der Waals surface area contributed by atoms with Crippen LogP contribution in [0, 0.1) is 27.7 Å². The highest BCUT2D eigenvalue weighted by Crippen LogP contribution is 2.62. The van der Waals surface area contributed by atoms with Crippen molar-refractivity contribution in [3.8, 4) is 22.3 Å². The highest BCUT2D eigenvalue weighted by molar-refractivity contribution is 6.29. The number of hydrogen-bond acceptors (Lipinski definition) is 2. The topological polar surface area (TPSA) is 6.48 Å². The Morgan fingerprint density at radius 3 is 0.927 bits per heavy atom. The smallest absolute Gasteiger partial charge is 0.0716 e. The van der Waals surface area contributed by atoms with E-state index in [0.717, 1.165) is 11.4 Å². The Kier molecular flexibility index (Phi) is 14.1. The fourth-order valence-electron chi connectivity index (χ4n) is 19.3. The van der Waals surface area contributed by atoms with Crippen LogP contribution >= 0.6 is 0 Å². The van der Waals surface area contributed by atoms with Crippen molar-refractivity contribution in [2.24, 2.45) is 0 Å². The molecule has 0 spiro atoms. The summed E-state index contributed by atoms with van der Waals surface area (Å²) >= 11 is 0. The molecule has 4 aliphatic rings. The predicted molar refractivity (Wildman–Crippen MR) is 405 cm³/mol. The number of benzene rings is 14. The highest BCUT2D eigenvalue weighted by Gasteiger charge is 2.49. The number of aryl methyl sites for hydroxylation is 2. The summed E-state index contributed by atoms with van der Waals surface area (Å²) in [5, 5.41) is 8.19. The molecule has 0 unspecified atom stereocenters. The van der Waals surface area contributed by atoms with E-state index in [2.05, 4.69) is 317 Å². The maximum absolute atomic E-state index is 2.71. The van der Waals surface area contributed by atoms with Crippen LogP contribution in [-0.2, 0) is 10.8 Å². The van der Waals surface area contributed by atoms with Gasteiger partial charge in [0.15, 0.2) is 0 Å². The maximum atomic E-state index is 2.71. The van der Waals surface area contributed by atoms with Crippen LogP contribution in [0.5, 0.6) is 0 Å². The first kappa shape index (κ1) is 58.3. The van der Waals surface area contributed by atoms with Crippen molar-refractivity contribution in [1.82, 2.24) is 0 Å². The molecule has 2 fully saturated rings. The molecule has 466 valence electrons. The van der Waals surface area contributed by atoms with E-state index in [9.17, 15) is 0 Å². The second-order valence-electron chi connectivity index (χ2n) is 28.3. The molecule has 2 heteroatoms. The van der Waals surface area contributed by atoms with Crippen molar-refractivity contribution in [3.63, 3.8) is 0 Å². The summed E-state index contributed by atoms with van der Waals surface area (Å²) in [6.45, 7) is 9.59. The second kappa shape index (κ2) is 23.3. The average molecular weight is 1240 g/mol. The van der Waals surface area contributed by atoms with Gasteiger partial charge >= 0.3 is 0 Å². The zero-order valence-electron chi connectivity index (χ0n) is 55.7. The molecule has 14 aromatic carbocycles. The number of para-hydroxylation sites is 2. The third-order valence-electron chi connectivity index (χ3n) is 23.4. The van der Waals surface area contributed by atoms with Crippen LogP contribution in [0.25, 0.3) is 54.6 Å². The molecular weight excluding hydrogens is 1160 g/mol. The molecule has 0 heterocycles. The summed E-state index contributed by atoms with van der Waals surface area (Å²) in [6.07, 6.45) is 12.3. The summed E-state index contributed by atoms with van der Waals surface area (Å²) in [6, 6.07) is 108. The Hall–Kier alpha value is -10.3. The van der Waals surface area contributed by atoms with Gasteiger partial charge in [0.2, 0.25) is 0 Å². The monoisotopic (exact) mass is 1240 g/mol. The summed E-state index contributed by atoms with van der Waals surface area (Å²) in [7, 11) is 0. The molecule has 0 saturated heterocycles. The molecule has 0 aromatic heterocycles. The molecule has 0 N–H and O–H groups in total. The number of fused-ring (bicyclic) bond motifs is 6. The third kappa shape index (κ3) is 8.62. The Morgan fingerprint density at radius 2 is 0.583 bits per heavy atom. The standard InChI is InChI=1S/C94H80N2/c1-61-51-57-81(93(67-35-15-7-16-36-67)83-47-27-23-43-71(83)72-44-24-28-48-84(72)93)63(3)91(61)95(69-39-19-9-20-40-69)87-59-79(65-31-11-5-12-32-65)75-54-56-78-88(60-80(66-33-13-6-14-34-66)76-53-55-77(87)89(75)90(76)78)96(70-41-21-10-22-42-70)92-62(2)52-58-82(64(92)4)94(68-37-17-8-18-38-68)85-49-29-25-45-73(85)74-46-26-30-50-86(74)94/h7-10,15-30,35-60,65-66H,5-6,11-14,31-34H2,1-4H3. The van der Waals surface area contributed by atoms with E-state index in [1.807, 2.05) is 0 Å². The van der Waals surface area contributed by atoms with E-state index < -0.39 is 10.8 Å². The first-order valence-electron chi connectivity index (χ1n) is 35.6. The minimum atomic E-state index is -0.569. The van der Waals surface area contributed by atoms with Gasteiger partial charge in [0.1, 0.15) is 0 Å². The molecule has 0 atom stereocenters. The van der Waals surface area contributed by atoms with Gasteiger partial charge in [0, 0.05) is 22.1 Å². The van der Waals surface area contributed by atoms with E-state index in [0.29, 0.717) is 11.8 Å². The minimum absolute atomic E-state index is 0.426. The van der Waals surface area contributed by atoms with Crippen molar-refractivity contribution in [3.05, 3.63) is 357 Å². The van der Waals surface area contributed by atoms with Gasteiger partial charge in [-0.1, -0.05) is 281 Å². The summed E-state index contributed by atoms with van der Waals surface area (Å²) in [5.74, 6) is 0.852. The normalized spacial score (nSPS) is 15.6. The predicted octanol–water partition coefficient (Wildman–Crippen LogP) is 25.6. The van der Waals surface area contributed by atoms with Crippen molar-refractivity contribution in [2.75, 3.05) is 9.80 Å². The molecule has 0 bridgehead atoms. The number of anilines is 6. The Labute approximate surface area is 566 Å². The van der Waals surface area contributed by atoms with Gasteiger partial charge in [-0.15, -0.1) is 0 Å². The van der Waals surface area contributed by atoms with Crippen LogP contribution in [0.15, 0.2) is 279 Å². The molecule has 2 saturated carbocycles. The molecular formula is C94H80N2. The van der Waals surface area contributed by atoms with Crippen molar-refractivity contribution in [2.45, 2.75) is 115 Å². The lowest BCUT2D eigenvalue weighted by atomic mass is 9.66. The van der Waals surface area contributed by atoms with Gasteiger partial charge in [-0.25, -0.2) is 0 Å². The first-order chi connectivity index (χ1) is 47.3. The van der Waals surface area contributed by atoms with E-state index in [1.165, 1.54) is 219 Å². The van der Waals surface area contributed by atoms with Gasteiger partial charge in [0.05, 0.1) is 33.6 Å². The van der Waals surface area contributed by atoms with Gasteiger partial charge in [0.25, 0.3) is 0 Å². The fraction of sp³-hybridized carbons (Fsp3) is 0.191. The number of nitrogens with zero attached hydrogens (tertiary/aromatic N) is 2. The van der Waals surface area contributed by atoms with Gasteiger partial charge in [-0.3, -0.25) is 0 Å². The Balaban J connectivity index is 0.938. The third-order valence-corrected chi connectivity index (χ3v) is 23.4. The lowest BCUT2D eigenvalue weighted by Crippen LogP contribution is -2.30. The molecule has 0 radical (unpaired) electrons. The van der Waals surface area contributed by atoms with Crippen molar-refractivity contribution < 1.29 is 0 Å². The van der Waals surface area contributed by atoms with Crippen LogP contribution in [0.1, 0.15) is 154 Å². The first-order valence-corrected chi connectivity index (χ1v) is 35.6. The number of hydrogen-bond donors (Lipinski definition) is 0. The van der Waals surface area contributed by atoms with Gasteiger partial charge < -0.3 is 9.80 Å². The molecule has 18 rings (SSSR count). The van der Waals surface area contributed by atoms with E-state index >= 15 is 0 Å². The van der Waals surface area contributed by atoms with Crippen LogP contribution in [0.3, 0.4) is 0 Å². The lowest BCUT2D eigenvalue weighted by molar-refractivity contribution is 0.445. The van der Waals surface area contributed by atoms with E-state index in [1.54, 1.807) is 0 Å². The molecule has 0 aliphatic heterocycles. The lowest BCUT2D eigenvalue weighted by Gasteiger charge is -2.38. The largest absolute Gasteiger partial charge is 0.309 e. The van der Waals surface area contributed by atoms with Gasteiger partial charge in [-0.05, 0) is 223 Å². The zero-order chi connectivity index (χ0) is 64.2. The highest BCUT2D eigenvalue weighted by atomic mass is 15.2. The average Bonchev–Trinajstić information content (AvgIpc) is 1.36. The molecule has 96 heavy (non-hydrogen) atoms. The number of rotatable bonds is 12. The summed E-state index contributed by atoms with van der Waals surface area (Å²) < 4.78 is 0. The second-order valence-corrected chi connectivity index (χ2v) is 28.3. The Morgan fingerprint density at radius 1 is 0.281 bits per heavy atom. The van der Waals surface area contributed by atoms with Crippen LogP contribution < -0.4 is 9.80 Å². The van der Waals surface area contributed by atoms with E-state index in [-0.39, 0.29) is 0 Å².